The van der Waals surface area contributed by atoms with Crippen molar-refractivity contribution in [1.29, 1.82) is 5.26 Å². The zero-order chi connectivity index (χ0) is 26.7. The van der Waals surface area contributed by atoms with E-state index in [-0.39, 0.29) is 11.1 Å². The molecule has 0 saturated carbocycles. The maximum Gasteiger partial charge on any atom is 0.534 e. The molecule has 34 heavy (non-hydrogen) atoms. The number of aryl methyl sites for hydroxylation is 1. The van der Waals surface area contributed by atoms with Gasteiger partial charge in [0.1, 0.15) is 0 Å². The van der Waals surface area contributed by atoms with Gasteiger partial charge in [-0.25, -0.2) is 0 Å². The van der Waals surface area contributed by atoms with E-state index in [0.29, 0.717) is 41.6 Å². The third-order valence-corrected chi connectivity index (χ3v) is 5.43. The van der Waals surface area contributed by atoms with Crippen molar-refractivity contribution in [1.82, 2.24) is 0 Å². The van der Waals surface area contributed by atoms with Gasteiger partial charge in [0.15, 0.2) is 5.75 Å². The summed E-state index contributed by atoms with van der Waals surface area (Å²) in [5.41, 5.74) is -4.70. The molecule has 2 aromatic carbocycles. The Morgan fingerprint density at radius 2 is 1.71 bits per heavy atom. The van der Waals surface area contributed by atoms with Crippen molar-refractivity contribution in [3.63, 3.8) is 0 Å². The Morgan fingerprint density at radius 3 is 2.06 bits per heavy atom. The van der Waals surface area contributed by atoms with Crippen molar-refractivity contribution in [2.45, 2.75) is 65.5 Å². The number of aliphatic hydroxyl groups is 1. The Labute approximate surface area is 198 Å². The van der Waals surface area contributed by atoms with Gasteiger partial charge in [0.2, 0.25) is 0 Å². The number of hydrogen-bond donors (Lipinski definition) is 1. The second-order valence-electron chi connectivity index (χ2n) is 7.60. The second kappa shape index (κ2) is 13.2. The van der Waals surface area contributed by atoms with Gasteiger partial charge in [-0.2, -0.15) is 26.9 Å². The molecule has 0 aliphatic rings. The largest absolute Gasteiger partial charge is 0.534 e. The number of carbonyl (C=O) groups excluding carboxylic acids is 1. The quantitative estimate of drug-likeness (QED) is 0.328. The fourth-order valence-electron chi connectivity index (χ4n) is 2.38. The predicted molar refractivity (Wildman–Crippen MR) is 123 cm³/mol. The minimum absolute atomic E-state index is 0.208. The number of rotatable bonds is 6. The highest BCUT2D eigenvalue weighted by Crippen LogP contribution is 2.37. The SMILES string of the molecule is CCC(C)(C)O.CCOC=O.CCc1c(C)cc2cc(C#N)ccc2c1OS(=O)(=O)C(F)(F)F. The van der Waals surface area contributed by atoms with Crippen molar-refractivity contribution < 1.29 is 40.4 Å². The zero-order valence-corrected chi connectivity index (χ0v) is 20.8. The molecule has 0 radical (unpaired) electrons. The van der Waals surface area contributed by atoms with Crippen molar-refractivity contribution in [3.8, 4) is 11.8 Å². The highest BCUT2D eigenvalue weighted by molar-refractivity contribution is 7.88. The molecule has 2 rings (SSSR count). The summed E-state index contributed by atoms with van der Waals surface area (Å²) < 4.78 is 69.2. The minimum Gasteiger partial charge on any atom is -0.468 e. The molecule has 0 fully saturated rings. The molecule has 0 saturated heterocycles. The summed E-state index contributed by atoms with van der Waals surface area (Å²) in [6.07, 6.45) is 1.12. The van der Waals surface area contributed by atoms with Gasteiger partial charge in [-0.3, -0.25) is 4.79 Å². The number of ether oxygens (including phenoxy) is 1. The lowest BCUT2D eigenvalue weighted by Crippen LogP contribution is -2.28. The molecule has 1 N–H and O–H groups in total. The zero-order valence-electron chi connectivity index (χ0n) is 20.0. The number of nitrogens with zero attached hydrogens (tertiary/aromatic N) is 1. The van der Waals surface area contributed by atoms with Crippen LogP contribution in [0.2, 0.25) is 0 Å². The molecule has 190 valence electrons. The van der Waals surface area contributed by atoms with E-state index in [1.165, 1.54) is 18.2 Å². The van der Waals surface area contributed by atoms with Crippen LogP contribution in [0.5, 0.6) is 5.75 Å². The van der Waals surface area contributed by atoms with Crippen LogP contribution in [0.4, 0.5) is 13.2 Å². The first-order valence-corrected chi connectivity index (χ1v) is 11.7. The number of nitriles is 1. The molecule has 0 bridgehead atoms. The maximum absolute atomic E-state index is 12.6. The molecular weight excluding hydrogens is 475 g/mol. The average Bonchev–Trinajstić information content (AvgIpc) is 2.73. The van der Waals surface area contributed by atoms with Crippen LogP contribution in [0, 0.1) is 18.3 Å². The first-order valence-electron chi connectivity index (χ1n) is 10.3. The summed E-state index contributed by atoms with van der Waals surface area (Å²) in [6, 6.07) is 7.85. The normalized spacial score (nSPS) is 11.3. The van der Waals surface area contributed by atoms with Gasteiger partial charge >= 0.3 is 15.6 Å². The van der Waals surface area contributed by atoms with Crippen LogP contribution in [0.3, 0.4) is 0 Å². The summed E-state index contributed by atoms with van der Waals surface area (Å²) in [6.45, 7) is 11.5. The van der Waals surface area contributed by atoms with Gasteiger partial charge < -0.3 is 14.0 Å². The standard InChI is InChI=1S/C15H12F3NO3S.C5H12O.C3H6O2/c1-3-12-9(2)6-11-7-10(8-19)4-5-13(11)14(12)22-23(20,21)15(16,17)18;1-4-5(2,3)6;1-2-5-3-4/h4-7H,3H2,1-2H3;6H,4H2,1-3H3;3H,2H2,1H3. The Balaban J connectivity index is 0.000000824. The Morgan fingerprint density at radius 1 is 1.15 bits per heavy atom. The van der Waals surface area contributed by atoms with E-state index in [1.54, 1.807) is 40.7 Å². The Bertz CT molecular complexity index is 1100. The Hall–Kier alpha value is -2.84. The maximum atomic E-state index is 12.6. The van der Waals surface area contributed by atoms with Crippen LogP contribution in [0.15, 0.2) is 24.3 Å². The minimum atomic E-state index is -5.77. The molecule has 0 spiro atoms. The summed E-state index contributed by atoms with van der Waals surface area (Å²) in [5, 5.41) is 18.4. The third kappa shape index (κ3) is 9.57. The molecule has 7 nitrogen and oxygen atoms in total. The number of carbonyl (C=O) groups is 1. The van der Waals surface area contributed by atoms with Crippen LogP contribution in [-0.2, 0) is 26.1 Å². The molecule has 11 heteroatoms. The lowest BCUT2D eigenvalue weighted by atomic mass is 9.97. The molecule has 0 aromatic heterocycles. The highest BCUT2D eigenvalue weighted by Gasteiger charge is 2.49. The summed E-state index contributed by atoms with van der Waals surface area (Å²) in [4.78, 5) is 9.18. The van der Waals surface area contributed by atoms with Gasteiger partial charge in [-0.05, 0) is 75.2 Å². The van der Waals surface area contributed by atoms with Crippen molar-refractivity contribution >= 4 is 27.4 Å². The number of halogens is 3. The van der Waals surface area contributed by atoms with E-state index in [2.05, 4.69) is 8.92 Å². The molecule has 0 amide bonds. The number of benzene rings is 2. The van der Waals surface area contributed by atoms with Crippen molar-refractivity contribution in [2.24, 2.45) is 0 Å². The van der Waals surface area contributed by atoms with Crippen LogP contribution in [0.1, 0.15) is 57.7 Å². The number of alkyl halides is 3. The predicted octanol–water partition coefficient (Wildman–Crippen LogP) is 5.16. The van der Waals surface area contributed by atoms with E-state index in [4.69, 9.17) is 10.4 Å². The molecule has 0 aliphatic carbocycles. The van der Waals surface area contributed by atoms with Gasteiger partial charge in [-0.15, -0.1) is 0 Å². The molecule has 0 unspecified atom stereocenters. The van der Waals surface area contributed by atoms with Gasteiger partial charge in [0.25, 0.3) is 6.47 Å². The Kier molecular flexibility index (Phi) is 12.1. The lowest BCUT2D eigenvalue weighted by Gasteiger charge is -2.16. The summed E-state index contributed by atoms with van der Waals surface area (Å²) in [7, 11) is -5.77. The number of hydrogen-bond acceptors (Lipinski definition) is 7. The second-order valence-corrected chi connectivity index (χ2v) is 9.14. The van der Waals surface area contributed by atoms with E-state index >= 15 is 0 Å². The molecule has 2 aromatic rings. The fraction of sp³-hybridized carbons (Fsp3) is 0.478. The van der Waals surface area contributed by atoms with E-state index in [9.17, 15) is 26.4 Å². The smallest absolute Gasteiger partial charge is 0.468 e. The highest BCUT2D eigenvalue weighted by atomic mass is 32.2. The van der Waals surface area contributed by atoms with E-state index in [1.807, 2.05) is 13.0 Å². The lowest BCUT2D eigenvalue weighted by molar-refractivity contribution is -0.128. The average molecular weight is 506 g/mol. The molecule has 0 heterocycles. The van der Waals surface area contributed by atoms with Crippen LogP contribution in [0.25, 0.3) is 10.8 Å². The molecule has 0 aliphatic heterocycles. The number of fused-ring (bicyclic) bond motifs is 1. The van der Waals surface area contributed by atoms with E-state index in [0.717, 1.165) is 6.42 Å². The summed E-state index contributed by atoms with van der Waals surface area (Å²) >= 11 is 0. The third-order valence-electron chi connectivity index (χ3n) is 4.48. The fourth-order valence-corrected chi connectivity index (χ4v) is 2.88. The van der Waals surface area contributed by atoms with E-state index < -0.39 is 21.2 Å². The summed E-state index contributed by atoms with van der Waals surface area (Å²) in [5.74, 6) is -0.343. The van der Waals surface area contributed by atoms with Crippen LogP contribution < -0.4 is 4.18 Å². The van der Waals surface area contributed by atoms with Crippen LogP contribution in [-0.4, -0.2) is 37.7 Å². The molecule has 0 atom stereocenters. The monoisotopic (exact) mass is 505 g/mol. The van der Waals surface area contributed by atoms with Gasteiger partial charge in [0.05, 0.1) is 23.8 Å². The van der Waals surface area contributed by atoms with Crippen LogP contribution >= 0.6 is 0 Å². The van der Waals surface area contributed by atoms with Crippen molar-refractivity contribution in [3.05, 3.63) is 41.0 Å². The first kappa shape index (κ1) is 31.2. The molecular formula is C23H30F3NO6S. The topological polar surface area (TPSA) is 114 Å². The van der Waals surface area contributed by atoms with Gasteiger partial charge in [0, 0.05) is 5.39 Å². The van der Waals surface area contributed by atoms with Gasteiger partial charge in [-0.1, -0.05) is 19.9 Å². The first-order chi connectivity index (χ1) is 15.6. The van der Waals surface area contributed by atoms with Crippen molar-refractivity contribution in [2.75, 3.05) is 6.61 Å².